The van der Waals surface area contributed by atoms with Gasteiger partial charge >= 0.3 is 23.9 Å². The molecule has 1 heterocycles. The molecule has 0 spiro atoms. The third-order valence-corrected chi connectivity index (χ3v) is 6.51. The zero-order chi connectivity index (χ0) is 32.8. The maximum Gasteiger partial charge on any atom is 0.375 e. The average Bonchev–Trinajstić information content (AvgIpc) is 3.44. The fourth-order valence-corrected chi connectivity index (χ4v) is 4.27. The first-order valence-corrected chi connectivity index (χ1v) is 14.4. The lowest BCUT2D eigenvalue weighted by molar-refractivity contribution is -0.141. The van der Waals surface area contributed by atoms with Gasteiger partial charge < -0.3 is 39.3 Å². The number of furan rings is 1. The number of hydrogen-bond donors (Lipinski definition) is 3. The Kier molecular flexibility index (Phi) is 13.9. The van der Waals surface area contributed by atoms with E-state index in [2.05, 4.69) is 20.7 Å². The second kappa shape index (κ2) is 17.3. The zero-order valence-corrected chi connectivity index (χ0v) is 25.5. The number of hydrogen-bond acceptors (Lipinski definition) is 13. The molecule has 0 radical (unpaired) electrons. The first kappa shape index (κ1) is 35.3. The standard InChI is InChI=1S/C28H33N3O12S/c1-6-42-28(38)23-21(27(37)41-4)20(26(36)40-3)22(43-23)15-9-7-8-10-16(15)24(34)29-13-18(32)31-17(11-12-44-5)25(35)30-14-19(33)39-2/h7-10,17H,6,11-14H2,1-5H3,(H,29,34)(H,30,35)(H,31,32)/t17-/m0/s1. The van der Waals surface area contributed by atoms with Crippen LogP contribution in [-0.2, 0) is 33.3 Å². The van der Waals surface area contributed by atoms with Crippen molar-refractivity contribution in [1.82, 2.24) is 16.0 Å². The number of ether oxygens (including phenoxy) is 4. The molecule has 1 aromatic heterocycles. The van der Waals surface area contributed by atoms with Crippen molar-refractivity contribution in [3.63, 3.8) is 0 Å². The normalized spacial score (nSPS) is 11.0. The van der Waals surface area contributed by atoms with Crippen LogP contribution in [0.2, 0.25) is 0 Å². The fraction of sp³-hybridized carbons (Fsp3) is 0.393. The van der Waals surface area contributed by atoms with Crippen molar-refractivity contribution in [3.05, 3.63) is 46.7 Å². The Morgan fingerprint density at radius 3 is 2.14 bits per heavy atom. The van der Waals surface area contributed by atoms with Crippen LogP contribution in [0.3, 0.4) is 0 Å². The van der Waals surface area contributed by atoms with Crippen LogP contribution in [-0.4, -0.2) is 101 Å². The van der Waals surface area contributed by atoms with Gasteiger partial charge in [0.2, 0.25) is 17.6 Å². The Hall–Kier alpha value is -4.86. The fourth-order valence-electron chi connectivity index (χ4n) is 3.79. The number of nitrogens with one attached hydrogen (secondary N) is 3. The molecule has 0 saturated carbocycles. The molecule has 16 heteroatoms. The molecule has 3 amide bonds. The molecule has 0 saturated heterocycles. The summed E-state index contributed by atoms with van der Waals surface area (Å²) in [5, 5.41) is 7.32. The Bertz CT molecular complexity index is 1400. The minimum Gasteiger partial charge on any atom is -0.468 e. The van der Waals surface area contributed by atoms with Crippen LogP contribution in [0.25, 0.3) is 11.3 Å². The molecule has 0 aliphatic rings. The second-order valence-electron chi connectivity index (χ2n) is 8.64. The average molecular weight is 636 g/mol. The predicted octanol–water partition coefficient (Wildman–Crippen LogP) is 0.953. The molecule has 0 aliphatic carbocycles. The van der Waals surface area contributed by atoms with E-state index in [9.17, 15) is 33.6 Å². The summed E-state index contributed by atoms with van der Waals surface area (Å²) in [5.74, 6) is -6.46. The number of amides is 3. The molecule has 0 fully saturated rings. The highest BCUT2D eigenvalue weighted by Gasteiger charge is 2.37. The SMILES string of the molecule is CCOC(=O)c1oc(-c2ccccc2C(=O)NCC(=O)N[C@@H](CCSC)C(=O)NCC(=O)OC)c(C(=O)OC)c1C(=O)OC. The first-order chi connectivity index (χ1) is 21.0. The van der Waals surface area contributed by atoms with Gasteiger partial charge in [0.15, 0.2) is 5.76 Å². The highest BCUT2D eigenvalue weighted by Crippen LogP contribution is 2.35. The molecule has 1 aromatic carbocycles. The maximum atomic E-state index is 13.2. The molecular weight excluding hydrogens is 602 g/mol. The molecule has 0 aliphatic heterocycles. The van der Waals surface area contributed by atoms with Crippen molar-refractivity contribution in [1.29, 1.82) is 0 Å². The molecule has 2 rings (SSSR count). The van der Waals surface area contributed by atoms with Gasteiger partial charge in [0.1, 0.15) is 23.7 Å². The number of thioether (sulfide) groups is 1. The largest absolute Gasteiger partial charge is 0.468 e. The van der Waals surface area contributed by atoms with Gasteiger partial charge in [-0.1, -0.05) is 18.2 Å². The maximum absolute atomic E-state index is 13.2. The summed E-state index contributed by atoms with van der Waals surface area (Å²) >= 11 is 1.44. The van der Waals surface area contributed by atoms with Crippen molar-refractivity contribution in [2.24, 2.45) is 0 Å². The van der Waals surface area contributed by atoms with Crippen molar-refractivity contribution in [2.45, 2.75) is 19.4 Å². The van der Waals surface area contributed by atoms with Crippen LogP contribution >= 0.6 is 11.8 Å². The summed E-state index contributed by atoms with van der Waals surface area (Å²) in [6.45, 7) is 0.507. The highest BCUT2D eigenvalue weighted by molar-refractivity contribution is 7.98. The van der Waals surface area contributed by atoms with Gasteiger partial charge in [0.25, 0.3) is 5.91 Å². The van der Waals surface area contributed by atoms with Crippen molar-refractivity contribution in [2.75, 3.05) is 53.0 Å². The summed E-state index contributed by atoms with van der Waals surface area (Å²) in [4.78, 5) is 87.9. The van der Waals surface area contributed by atoms with Crippen LogP contribution in [0.4, 0.5) is 0 Å². The summed E-state index contributed by atoms with van der Waals surface area (Å²) in [7, 11) is 3.25. The number of benzene rings is 1. The van der Waals surface area contributed by atoms with Crippen LogP contribution in [0.1, 0.15) is 55.0 Å². The Morgan fingerprint density at radius 2 is 1.52 bits per heavy atom. The third-order valence-electron chi connectivity index (χ3n) is 5.87. The summed E-state index contributed by atoms with van der Waals surface area (Å²) in [6, 6.07) is 4.76. The van der Waals surface area contributed by atoms with E-state index in [0.717, 1.165) is 14.2 Å². The van der Waals surface area contributed by atoms with Gasteiger partial charge in [-0.25, -0.2) is 14.4 Å². The van der Waals surface area contributed by atoms with E-state index in [0.29, 0.717) is 5.75 Å². The van der Waals surface area contributed by atoms with E-state index >= 15 is 0 Å². The Morgan fingerprint density at radius 1 is 0.864 bits per heavy atom. The van der Waals surface area contributed by atoms with Crippen molar-refractivity contribution < 1.29 is 56.9 Å². The second-order valence-corrected chi connectivity index (χ2v) is 9.62. The van der Waals surface area contributed by atoms with E-state index in [4.69, 9.17) is 18.6 Å². The van der Waals surface area contributed by atoms with Gasteiger partial charge in [-0.05, 0) is 31.4 Å². The molecule has 0 unspecified atom stereocenters. The summed E-state index contributed by atoms with van der Waals surface area (Å²) in [5.41, 5.74) is -1.15. The minimum absolute atomic E-state index is 0.0217. The molecule has 2 aromatic rings. The van der Waals surface area contributed by atoms with Crippen molar-refractivity contribution in [3.8, 4) is 11.3 Å². The third kappa shape index (κ3) is 9.07. The summed E-state index contributed by atoms with van der Waals surface area (Å²) < 4.78 is 24.7. The van der Waals surface area contributed by atoms with Crippen molar-refractivity contribution >= 4 is 53.4 Å². The lowest BCUT2D eigenvalue weighted by Gasteiger charge is -2.18. The van der Waals surface area contributed by atoms with Gasteiger partial charge in [0.05, 0.1) is 40.0 Å². The number of esters is 4. The van der Waals surface area contributed by atoms with E-state index in [1.54, 1.807) is 0 Å². The van der Waals surface area contributed by atoms with Crippen LogP contribution in [0.5, 0.6) is 0 Å². The van der Waals surface area contributed by atoms with Crippen LogP contribution < -0.4 is 16.0 Å². The molecule has 238 valence electrons. The minimum atomic E-state index is -1.09. The van der Waals surface area contributed by atoms with Crippen LogP contribution in [0.15, 0.2) is 28.7 Å². The lowest BCUT2D eigenvalue weighted by atomic mass is 9.99. The summed E-state index contributed by atoms with van der Waals surface area (Å²) in [6.07, 6.45) is 2.06. The Balaban J connectivity index is 2.38. The smallest absolute Gasteiger partial charge is 0.375 e. The van der Waals surface area contributed by atoms with E-state index in [1.807, 2.05) is 6.26 Å². The van der Waals surface area contributed by atoms with E-state index in [-0.39, 0.29) is 36.5 Å². The Labute approximate surface area is 256 Å². The topological polar surface area (TPSA) is 206 Å². The monoisotopic (exact) mass is 635 g/mol. The number of carbonyl (C=O) groups excluding carboxylic acids is 7. The zero-order valence-electron chi connectivity index (χ0n) is 24.7. The highest BCUT2D eigenvalue weighted by atomic mass is 32.2. The number of methoxy groups -OCH3 is 3. The van der Waals surface area contributed by atoms with Crippen LogP contribution in [0, 0.1) is 0 Å². The number of rotatable bonds is 15. The molecule has 0 bridgehead atoms. The molecule has 1 atom stereocenters. The van der Waals surface area contributed by atoms with Gasteiger partial charge in [0, 0.05) is 5.56 Å². The first-order valence-electron chi connectivity index (χ1n) is 13.0. The van der Waals surface area contributed by atoms with E-state index in [1.165, 1.54) is 50.1 Å². The molecule has 15 nitrogen and oxygen atoms in total. The van der Waals surface area contributed by atoms with E-state index < -0.39 is 71.1 Å². The van der Waals surface area contributed by atoms with Gasteiger partial charge in [-0.2, -0.15) is 11.8 Å². The van der Waals surface area contributed by atoms with Gasteiger partial charge in [-0.15, -0.1) is 0 Å². The molecular formula is C28H33N3O12S. The number of carbonyl (C=O) groups is 7. The molecule has 3 N–H and O–H groups in total. The molecule has 44 heavy (non-hydrogen) atoms. The van der Waals surface area contributed by atoms with Gasteiger partial charge in [-0.3, -0.25) is 19.2 Å². The lowest BCUT2D eigenvalue weighted by Crippen LogP contribution is -2.50. The predicted molar refractivity (Wildman–Crippen MR) is 155 cm³/mol. The quantitative estimate of drug-likeness (QED) is 0.184.